The maximum atomic E-state index is 12.8. The van der Waals surface area contributed by atoms with Crippen LogP contribution in [0.15, 0.2) is 36.4 Å². The van der Waals surface area contributed by atoms with Gasteiger partial charge >= 0.3 is 6.18 Å². The van der Waals surface area contributed by atoms with E-state index in [-0.39, 0.29) is 17.9 Å². The molecule has 0 radical (unpaired) electrons. The summed E-state index contributed by atoms with van der Waals surface area (Å²) in [6.45, 7) is 0.146. The van der Waals surface area contributed by atoms with E-state index in [0.717, 1.165) is 12.1 Å². The molecule has 0 amide bonds. The van der Waals surface area contributed by atoms with Crippen molar-refractivity contribution in [3.05, 3.63) is 52.5 Å². The quantitative estimate of drug-likeness (QED) is 0.585. The Morgan fingerprint density at radius 1 is 1.15 bits per heavy atom. The number of hydrogen-bond donors (Lipinski definition) is 0. The minimum Gasteiger partial charge on any atom is -0.454 e. The van der Waals surface area contributed by atoms with E-state index in [0.29, 0.717) is 26.8 Å². The molecule has 4 rings (SSSR count). The molecular weight excluding hydrogens is 365 g/mol. The number of thiazole rings is 1. The first-order chi connectivity index (χ1) is 12.4. The molecule has 0 saturated heterocycles. The number of hydrogen-bond acceptors (Lipinski definition) is 5. The highest BCUT2D eigenvalue weighted by molar-refractivity contribution is 7.19. The van der Waals surface area contributed by atoms with Crippen LogP contribution < -0.4 is 9.47 Å². The zero-order chi connectivity index (χ0) is 18.3. The average Bonchev–Trinajstić information content (AvgIpc) is 3.23. The van der Waals surface area contributed by atoms with Crippen molar-refractivity contribution >= 4 is 33.2 Å². The molecule has 0 atom stereocenters. The number of rotatable bonds is 2. The summed E-state index contributed by atoms with van der Waals surface area (Å²) in [5.41, 5.74) is 0.423. The number of halogens is 3. The van der Waals surface area contributed by atoms with Gasteiger partial charge in [-0.1, -0.05) is 6.07 Å². The molecule has 8 heteroatoms. The minimum absolute atomic E-state index is 0.146. The number of nitriles is 1. The Kier molecular flexibility index (Phi) is 3.81. The second-order valence-electron chi connectivity index (χ2n) is 5.48. The van der Waals surface area contributed by atoms with Crippen molar-refractivity contribution in [2.75, 3.05) is 6.79 Å². The summed E-state index contributed by atoms with van der Waals surface area (Å²) in [5.74, 6) is 1.20. The molecule has 0 saturated carbocycles. The van der Waals surface area contributed by atoms with Crippen molar-refractivity contribution < 1.29 is 22.6 Å². The number of aromatic nitrogens is 1. The van der Waals surface area contributed by atoms with Crippen LogP contribution in [0, 0.1) is 11.3 Å². The van der Waals surface area contributed by atoms with Gasteiger partial charge in [-0.05, 0) is 42.0 Å². The van der Waals surface area contributed by atoms with Gasteiger partial charge in [-0.3, -0.25) is 0 Å². The molecule has 0 aliphatic carbocycles. The lowest BCUT2D eigenvalue weighted by Gasteiger charge is -2.04. The van der Waals surface area contributed by atoms with Crippen LogP contribution in [-0.4, -0.2) is 11.8 Å². The van der Waals surface area contributed by atoms with E-state index >= 15 is 0 Å². The van der Waals surface area contributed by atoms with Crippen LogP contribution >= 0.6 is 11.3 Å². The van der Waals surface area contributed by atoms with Crippen molar-refractivity contribution in [2.24, 2.45) is 0 Å². The molecule has 130 valence electrons. The topological polar surface area (TPSA) is 55.1 Å². The number of ether oxygens (including phenoxy) is 2. The Morgan fingerprint density at radius 2 is 1.96 bits per heavy atom. The second-order valence-corrected chi connectivity index (χ2v) is 6.51. The van der Waals surface area contributed by atoms with Gasteiger partial charge in [-0.25, -0.2) is 4.98 Å². The summed E-state index contributed by atoms with van der Waals surface area (Å²) in [6.07, 6.45) is -2.82. The molecule has 1 aliphatic heterocycles. The van der Waals surface area contributed by atoms with Crippen molar-refractivity contribution in [1.29, 1.82) is 5.26 Å². The molecule has 1 aromatic heterocycles. The van der Waals surface area contributed by atoms with E-state index in [4.69, 9.17) is 9.47 Å². The standard InChI is InChI=1S/C18H9F3N2O2S/c19-18(20,21)12-2-4-16-13(7-12)23-17(26-16)11(8-22)5-10-1-3-14-15(6-10)25-9-24-14/h1-7H,9H2/b11-5+. The van der Waals surface area contributed by atoms with Gasteiger partial charge < -0.3 is 9.47 Å². The second kappa shape index (κ2) is 6.04. The van der Waals surface area contributed by atoms with E-state index in [2.05, 4.69) is 11.1 Å². The first-order valence-electron chi connectivity index (χ1n) is 7.44. The zero-order valence-electron chi connectivity index (χ0n) is 13.0. The van der Waals surface area contributed by atoms with Crippen molar-refractivity contribution in [3.8, 4) is 17.6 Å². The number of allylic oxidation sites excluding steroid dienone is 1. The number of benzene rings is 2. The van der Waals surface area contributed by atoms with E-state index in [1.165, 1.54) is 17.4 Å². The molecular formula is C18H9F3N2O2S. The Labute approximate surface area is 149 Å². The van der Waals surface area contributed by atoms with Gasteiger partial charge in [0.2, 0.25) is 6.79 Å². The third-order valence-electron chi connectivity index (χ3n) is 3.77. The molecule has 26 heavy (non-hydrogen) atoms. The molecule has 0 bridgehead atoms. The van der Waals surface area contributed by atoms with Gasteiger partial charge in [-0.2, -0.15) is 18.4 Å². The highest BCUT2D eigenvalue weighted by Crippen LogP contribution is 2.36. The predicted molar refractivity (Wildman–Crippen MR) is 90.7 cm³/mol. The molecule has 4 nitrogen and oxygen atoms in total. The first kappa shape index (κ1) is 16.4. The highest BCUT2D eigenvalue weighted by Gasteiger charge is 2.30. The number of fused-ring (bicyclic) bond motifs is 2. The summed E-state index contributed by atoms with van der Waals surface area (Å²) in [5, 5.41) is 9.82. The van der Waals surface area contributed by atoms with Gasteiger partial charge in [0.1, 0.15) is 11.1 Å². The van der Waals surface area contributed by atoms with Crippen LogP contribution in [0.25, 0.3) is 21.9 Å². The molecule has 0 unspecified atom stereocenters. The zero-order valence-corrected chi connectivity index (χ0v) is 13.8. The van der Waals surface area contributed by atoms with E-state index in [1.54, 1.807) is 24.3 Å². The van der Waals surface area contributed by atoms with Gasteiger partial charge in [0.15, 0.2) is 11.5 Å². The van der Waals surface area contributed by atoms with Crippen LogP contribution in [-0.2, 0) is 6.18 Å². The summed E-state index contributed by atoms with van der Waals surface area (Å²) in [4.78, 5) is 4.20. The lowest BCUT2D eigenvalue weighted by atomic mass is 10.1. The fraction of sp³-hybridized carbons (Fsp3) is 0.111. The SMILES string of the molecule is N#C/C(=C\c1ccc2c(c1)OCO2)c1nc2cc(C(F)(F)F)ccc2s1. The fourth-order valence-corrected chi connectivity index (χ4v) is 3.44. The Hall–Kier alpha value is -3.05. The monoisotopic (exact) mass is 374 g/mol. The molecule has 2 heterocycles. The van der Waals surface area contributed by atoms with Crippen LogP contribution in [0.2, 0.25) is 0 Å². The van der Waals surface area contributed by atoms with Crippen molar-refractivity contribution in [1.82, 2.24) is 4.98 Å². The van der Waals surface area contributed by atoms with Crippen LogP contribution in [0.1, 0.15) is 16.1 Å². The lowest BCUT2D eigenvalue weighted by molar-refractivity contribution is -0.137. The summed E-state index contributed by atoms with van der Waals surface area (Å²) in [6, 6.07) is 10.7. The molecule has 3 aromatic rings. The first-order valence-corrected chi connectivity index (χ1v) is 8.25. The molecule has 1 aliphatic rings. The third kappa shape index (κ3) is 2.97. The normalized spacial score (nSPS) is 13.8. The van der Waals surface area contributed by atoms with E-state index in [1.807, 2.05) is 0 Å². The summed E-state index contributed by atoms with van der Waals surface area (Å²) in [7, 11) is 0. The number of nitrogens with zero attached hydrogens (tertiary/aromatic N) is 2. The fourth-order valence-electron chi connectivity index (χ4n) is 2.53. The van der Waals surface area contributed by atoms with Crippen molar-refractivity contribution in [3.63, 3.8) is 0 Å². The van der Waals surface area contributed by atoms with Gasteiger partial charge in [0, 0.05) is 0 Å². The van der Waals surface area contributed by atoms with Crippen molar-refractivity contribution in [2.45, 2.75) is 6.18 Å². The van der Waals surface area contributed by atoms with Gasteiger partial charge in [-0.15, -0.1) is 11.3 Å². The minimum atomic E-state index is -4.43. The third-order valence-corrected chi connectivity index (χ3v) is 4.84. The number of alkyl halides is 3. The van der Waals surface area contributed by atoms with Crippen LogP contribution in [0.5, 0.6) is 11.5 Å². The Morgan fingerprint density at radius 3 is 2.73 bits per heavy atom. The smallest absolute Gasteiger partial charge is 0.416 e. The maximum Gasteiger partial charge on any atom is 0.416 e. The van der Waals surface area contributed by atoms with Gasteiger partial charge in [0.25, 0.3) is 0 Å². The van der Waals surface area contributed by atoms with Gasteiger partial charge in [0.05, 0.1) is 21.4 Å². The predicted octanol–water partition coefficient (Wildman–Crippen LogP) is 5.11. The Balaban J connectivity index is 1.73. The maximum absolute atomic E-state index is 12.8. The highest BCUT2D eigenvalue weighted by atomic mass is 32.1. The van der Waals surface area contributed by atoms with E-state index in [9.17, 15) is 18.4 Å². The van der Waals surface area contributed by atoms with Crippen LogP contribution in [0.3, 0.4) is 0 Å². The largest absolute Gasteiger partial charge is 0.454 e. The van der Waals surface area contributed by atoms with E-state index < -0.39 is 11.7 Å². The summed E-state index contributed by atoms with van der Waals surface area (Å²) < 4.78 is 49.6. The molecule has 0 fully saturated rings. The Bertz CT molecular complexity index is 1080. The summed E-state index contributed by atoms with van der Waals surface area (Å²) >= 11 is 1.17. The molecule has 0 spiro atoms. The molecule has 2 aromatic carbocycles. The average molecular weight is 374 g/mol. The van der Waals surface area contributed by atoms with Crippen LogP contribution in [0.4, 0.5) is 13.2 Å². The molecule has 0 N–H and O–H groups in total. The lowest BCUT2D eigenvalue weighted by Crippen LogP contribution is -2.03.